The Kier molecular flexibility index (Phi) is 1.33. The molecule has 0 aromatic carbocycles. The van der Waals surface area contributed by atoms with Crippen LogP contribution >= 0.6 is 0 Å². The van der Waals surface area contributed by atoms with E-state index in [4.69, 9.17) is 5.73 Å². The summed E-state index contributed by atoms with van der Waals surface area (Å²) in [7, 11) is 0. The van der Waals surface area contributed by atoms with Crippen LogP contribution in [0.3, 0.4) is 0 Å². The Morgan fingerprint density at radius 3 is 3.08 bits per heavy atom. The third-order valence-corrected chi connectivity index (χ3v) is 1.68. The van der Waals surface area contributed by atoms with Crippen LogP contribution < -0.4 is 5.73 Å². The molecular weight excluding hydrogens is 154 g/mol. The fourth-order valence-electron chi connectivity index (χ4n) is 1.14. The molecule has 0 bridgehead atoms. The van der Waals surface area contributed by atoms with Crippen molar-refractivity contribution in [2.24, 2.45) is 5.73 Å². The first kappa shape index (κ1) is 6.84. The molecule has 0 aliphatic heterocycles. The molecule has 0 radical (unpaired) electrons. The Morgan fingerprint density at radius 1 is 1.50 bits per heavy atom. The van der Waals surface area contributed by atoms with E-state index in [0.717, 1.165) is 0 Å². The number of fused-ring (bicyclic) bond motifs is 1. The van der Waals surface area contributed by atoms with Crippen molar-refractivity contribution in [2.75, 3.05) is 0 Å². The van der Waals surface area contributed by atoms with E-state index in [1.54, 1.807) is 28.9 Å². The zero-order valence-corrected chi connectivity index (χ0v) is 6.27. The highest BCUT2D eigenvalue weighted by molar-refractivity contribution is 5.98. The second-order valence-electron chi connectivity index (χ2n) is 2.44. The van der Waals surface area contributed by atoms with Crippen LogP contribution in [-0.2, 0) is 0 Å². The molecule has 0 spiro atoms. The largest absolute Gasteiger partial charge is 0.365 e. The number of rotatable bonds is 1. The van der Waals surface area contributed by atoms with E-state index in [-0.39, 0.29) is 0 Å². The van der Waals surface area contributed by atoms with Gasteiger partial charge < -0.3 is 10.1 Å². The van der Waals surface area contributed by atoms with E-state index < -0.39 is 5.91 Å². The number of primary amides is 1. The molecule has 2 aromatic rings. The van der Waals surface area contributed by atoms with Gasteiger partial charge in [0.25, 0.3) is 5.91 Å². The van der Waals surface area contributed by atoms with Gasteiger partial charge in [0.15, 0.2) is 0 Å². The number of amides is 1. The van der Waals surface area contributed by atoms with E-state index >= 15 is 0 Å². The van der Waals surface area contributed by atoms with Gasteiger partial charge >= 0.3 is 0 Å². The molecular formula is C8H7N3O. The second kappa shape index (κ2) is 2.34. The quantitative estimate of drug-likeness (QED) is 0.659. The van der Waals surface area contributed by atoms with Crippen LogP contribution in [-0.4, -0.2) is 15.3 Å². The number of aromatic nitrogens is 2. The first-order chi connectivity index (χ1) is 5.79. The van der Waals surface area contributed by atoms with Gasteiger partial charge in [0.1, 0.15) is 5.65 Å². The van der Waals surface area contributed by atoms with Crippen LogP contribution in [0.2, 0.25) is 0 Å². The molecule has 0 unspecified atom stereocenters. The standard InChI is InChI=1S/C8H7N3O/c9-7(12)6-2-1-4-11-5-3-10-8(6)11/h1-5H,(H2,9,12). The molecule has 0 aliphatic rings. The lowest BCUT2D eigenvalue weighted by atomic mass is 10.2. The van der Waals surface area contributed by atoms with Crippen LogP contribution in [0.1, 0.15) is 10.4 Å². The zero-order valence-electron chi connectivity index (χ0n) is 6.27. The first-order valence-corrected chi connectivity index (χ1v) is 3.50. The maximum atomic E-state index is 10.9. The molecule has 2 rings (SSSR count). The van der Waals surface area contributed by atoms with Gasteiger partial charge in [0.05, 0.1) is 5.56 Å². The van der Waals surface area contributed by atoms with Crippen LogP contribution in [0.5, 0.6) is 0 Å². The molecule has 0 saturated heterocycles. The van der Waals surface area contributed by atoms with Crippen LogP contribution in [0.4, 0.5) is 0 Å². The molecule has 2 N–H and O–H groups in total. The zero-order chi connectivity index (χ0) is 8.55. The minimum Gasteiger partial charge on any atom is -0.365 e. The summed E-state index contributed by atoms with van der Waals surface area (Å²) in [6.07, 6.45) is 5.21. The molecule has 2 aromatic heterocycles. The summed E-state index contributed by atoms with van der Waals surface area (Å²) in [6.45, 7) is 0. The average Bonchev–Trinajstić information content (AvgIpc) is 2.49. The van der Waals surface area contributed by atoms with Gasteiger partial charge in [-0.25, -0.2) is 4.98 Å². The molecule has 4 heteroatoms. The number of pyridine rings is 1. The molecule has 1 amide bonds. The molecule has 0 fully saturated rings. The summed E-state index contributed by atoms with van der Waals surface area (Å²) in [5.74, 6) is -0.452. The molecule has 12 heavy (non-hydrogen) atoms. The maximum absolute atomic E-state index is 10.9. The predicted molar refractivity (Wildman–Crippen MR) is 43.7 cm³/mol. The van der Waals surface area contributed by atoms with Crippen LogP contribution in [0.15, 0.2) is 30.7 Å². The summed E-state index contributed by atoms with van der Waals surface area (Å²) in [4.78, 5) is 14.9. The number of hydrogen-bond donors (Lipinski definition) is 1. The van der Waals surface area contributed by atoms with Crippen molar-refractivity contribution in [3.63, 3.8) is 0 Å². The van der Waals surface area contributed by atoms with Crippen molar-refractivity contribution in [2.45, 2.75) is 0 Å². The minimum atomic E-state index is -0.452. The lowest BCUT2D eigenvalue weighted by Crippen LogP contribution is -2.12. The Morgan fingerprint density at radius 2 is 2.33 bits per heavy atom. The fraction of sp³-hybridized carbons (Fsp3) is 0. The van der Waals surface area contributed by atoms with E-state index in [1.165, 1.54) is 0 Å². The van der Waals surface area contributed by atoms with Crippen molar-refractivity contribution >= 4 is 11.6 Å². The van der Waals surface area contributed by atoms with E-state index in [0.29, 0.717) is 11.2 Å². The van der Waals surface area contributed by atoms with Crippen LogP contribution in [0, 0.1) is 0 Å². The lowest BCUT2D eigenvalue weighted by Gasteiger charge is -1.97. The van der Waals surface area contributed by atoms with Crippen LogP contribution in [0.25, 0.3) is 5.65 Å². The van der Waals surface area contributed by atoms with Crippen molar-refractivity contribution in [3.05, 3.63) is 36.3 Å². The highest BCUT2D eigenvalue weighted by atomic mass is 16.1. The Hall–Kier alpha value is -1.84. The number of imidazole rings is 1. The van der Waals surface area contributed by atoms with Gasteiger partial charge in [-0.2, -0.15) is 0 Å². The van der Waals surface area contributed by atoms with Gasteiger partial charge in [0, 0.05) is 18.6 Å². The third kappa shape index (κ3) is 0.852. The predicted octanol–water partition coefficient (Wildman–Crippen LogP) is 0.433. The fourth-order valence-corrected chi connectivity index (χ4v) is 1.14. The Bertz CT molecular complexity index is 433. The summed E-state index contributed by atoms with van der Waals surface area (Å²) in [6, 6.07) is 3.42. The number of hydrogen-bond acceptors (Lipinski definition) is 2. The van der Waals surface area contributed by atoms with E-state index in [9.17, 15) is 4.79 Å². The van der Waals surface area contributed by atoms with Crippen molar-refractivity contribution in [1.82, 2.24) is 9.38 Å². The number of nitrogens with two attached hydrogens (primary N) is 1. The lowest BCUT2D eigenvalue weighted by molar-refractivity contribution is 0.100. The third-order valence-electron chi connectivity index (χ3n) is 1.68. The maximum Gasteiger partial charge on any atom is 0.252 e. The van der Waals surface area contributed by atoms with Crippen molar-refractivity contribution in [1.29, 1.82) is 0 Å². The van der Waals surface area contributed by atoms with Gasteiger partial charge in [-0.05, 0) is 12.1 Å². The van der Waals surface area contributed by atoms with Gasteiger partial charge in [-0.15, -0.1) is 0 Å². The summed E-state index contributed by atoms with van der Waals surface area (Å²) >= 11 is 0. The molecule has 0 saturated carbocycles. The highest BCUT2D eigenvalue weighted by Crippen LogP contribution is 2.06. The molecule has 4 nitrogen and oxygen atoms in total. The summed E-state index contributed by atoms with van der Waals surface area (Å²) < 4.78 is 1.75. The smallest absolute Gasteiger partial charge is 0.252 e. The monoisotopic (exact) mass is 161 g/mol. The SMILES string of the molecule is NC(=O)c1cccn2ccnc12. The topological polar surface area (TPSA) is 60.4 Å². The highest BCUT2D eigenvalue weighted by Gasteiger charge is 2.05. The number of carbonyl (C=O) groups is 1. The molecule has 2 heterocycles. The number of nitrogens with zero attached hydrogens (tertiary/aromatic N) is 2. The molecule has 0 aliphatic carbocycles. The Balaban J connectivity index is 2.82. The van der Waals surface area contributed by atoms with Gasteiger partial charge in [-0.3, -0.25) is 4.79 Å². The van der Waals surface area contributed by atoms with E-state index in [2.05, 4.69) is 4.98 Å². The van der Waals surface area contributed by atoms with Gasteiger partial charge in [-0.1, -0.05) is 0 Å². The van der Waals surface area contributed by atoms with Crippen molar-refractivity contribution < 1.29 is 4.79 Å². The second-order valence-corrected chi connectivity index (χ2v) is 2.44. The summed E-state index contributed by atoms with van der Waals surface area (Å²) in [5, 5.41) is 0. The van der Waals surface area contributed by atoms with E-state index in [1.807, 2.05) is 6.20 Å². The molecule has 0 atom stereocenters. The number of carbonyl (C=O) groups excluding carboxylic acids is 1. The van der Waals surface area contributed by atoms with Crippen molar-refractivity contribution in [3.8, 4) is 0 Å². The average molecular weight is 161 g/mol. The molecule has 60 valence electrons. The van der Waals surface area contributed by atoms with Gasteiger partial charge in [0.2, 0.25) is 0 Å². The minimum absolute atomic E-state index is 0.447. The normalized spacial score (nSPS) is 10.3. The summed E-state index contributed by atoms with van der Waals surface area (Å²) in [5.41, 5.74) is 6.20. The first-order valence-electron chi connectivity index (χ1n) is 3.50. The Labute approximate surface area is 68.6 Å².